The van der Waals surface area contributed by atoms with Crippen LogP contribution in [0.15, 0.2) is 0 Å². The molecule has 0 bridgehead atoms. The van der Waals surface area contributed by atoms with Crippen LogP contribution >= 0.6 is 11.8 Å². The van der Waals surface area contributed by atoms with E-state index in [0.717, 1.165) is 0 Å². The van der Waals surface area contributed by atoms with Crippen molar-refractivity contribution in [3.63, 3.8) is 0 Å². The molecule has 0 saturated heterocycles. The van der Waals surface area contributed by atoms with Crippen LogP contribution < -0.4 is 0 Å². The summed E-state index contributed by atoms with van der Waals surface area (Å²) < 4.78 is 0. The Morgan fingerprint density at radius 1 is 1.69 bits per heavy atom. The van der Waals surface area contributed by atoms with Gasteiger partial charge in [-0.1, -0.05) is 0 Å². The van der Waals surface area contributed by atoms with E-state index < -0.39 is 5.97 Å². The molecule has 72 valence electrons. The summed E-state index contributed by atoms with van der Waals surface area (Å²) in [6, 6.07) is 0. The lowest BCUT2D eigenvalue weighted by molar-refractivity contribution is -0.136. The van der Waals surface area contributed by atoms with Crippen LogP contribution in [0.1, 0.15) is 12.2 Å². The highest BCUT2D eigenvalue weighted by molar-refractivity contribution is 7.98. The highest BCUT2D eigenvalue weighted by atomic mass is 32.2. The average Bonchev–Trinajstić information content (AvgIpc) is 2.45. The summed E-state index contributed by atoms with van der Waals surface area (Å²) in [5.41, 5.74) is 0. The number of nitrogens with zero attached hydrogens (tertiary/aromatic N) is 4. The highest BCUT2D eigenvalue weighted by Crippen LogP contribution is 2.07. The summed E-state index contributed by atoms with van der Waals surface area (Å²) in [4.78, 5) is 11.5. The molecule has 0 spiro atoms. The molecule has 1 aromatic heterocycles. The van der Waals surface area contributed by atoms with Gasteiger partial charge in [-0.05, 0) is 5.21 Å². The minimum Gasteiger partial charge on any atom is -0.481 e. The van der Waals surface area contributed by atoms with E-state index in [4.69, 9.17) is 5.11 Å². The third-order valence-electron chi connectivity index (χ3n) is 1.24. The van der Waals surface area contributed by atoms with Crippen molar-refractivity contribution in [2.24, 2.45) is 7.05 Å². The predicted octanol–water partition coefficient (Wildman–Crippen LogP) is -0.0820. The lowest BCUT2D eigenvalue weighted by atomic mass is 10.5. The van der Waals surface area contributed by atoms with Crippen LogP contribution in [0.4, 0.5) is 0 Å². The summed E-state index contributed by atoms with van der Waals surface area (Å²) in [6.07, 6.45) is 0.172. The molecule has 1 rings (SSSR count). The number of rotatable bonds is 5. The third-order valence-corrected chi connectivity index (χ3v) is 2.20. The van der Waals surface area contributed by atoms with Gasteiger partial charge in [-0.2, -0.15) is 16.6 Å². The van der Waals surface area contributed by atoms with Gasteiger partial charge >= 0.3 is 5.97 Å². The molecule has 0 aromatic carbocycles. The van der Waals surface area contributed by atoms with Gasteiger partial charge in [-0.15, -0.1) is 10.2 Å². The molecule has 0 aliphatic heterocycles. The second-order valence-electron chi connectivity index (χ2n) is 2.39. The minimum absolute atomic E-state index is 0.172. The van der Waals surface area contributed by atoms with Crippen molar-refractivity contribution in [2.45, 2.75) is 12.2 Å². The summed E-state index contributed by atoms with van der Waals surface area (Å²) in [5.74, 6) is 1.05. The van der Waals surface area contributed by atoms with Gasteiger partial charge < -0.3 is 5.11 Å². The van der Waals surface area contributed by atoms with E-state index in [2.05, 4.69) is 15.4 Å². The highest BCUT2D eigenvalue weighted by Gasteiger charge is 2.01. The van der Waals surface area contributed by atoms with Gasteiger partial charge in [0.2, 0.25) is 0 Å². The first-order chi connectivity index (χ1) is 6.18. The molecular formula is C6H10N4O2S. The summed E-state index contributed by atoms with van der Waals surface area (Å²) in [6.45, 7) is 0. The van der Waals surface area contributed by atoms with Gasteiger partial charge in [0.05, 0.1) is 19.2 Å². The maximum atomic E-state index is 10.2. The zero-order valence-corrected chi connectivity index (χ0v) is 7.99. The van der Waals surface area contributed by atoms with Crippen LogP contribution in [0.2, 0.25) is 0 Å². The Morgan fingerprint density at radius 3 is 3.00 bits per heavy atom. The number of carbonyl (C=O) groups is 1. The Labute approximate surface area is 79.3 Å². The average molecular weight is 202 g/mol. The lowest BCUT2D eigenvalue weighted by Crippen LogP contribution is -1.97. The molecule has 0 unspecified atom stereocenters. The third kappa shape index (κ3) is 3.88. The summed E-state index contributed by atoms with van der Waals surface area (Å²) >= 11 is 1.49. The van der Waals surface area contributed by atoms with Crippen molar-refractivity contribution in [1.29, 1.82) is 0 Å². The number of carboxylic acid groups (broad SMARTS) is 1. The maximum Gasteiger partial charge on any atom is 0.304 e. The molecule has 13 heavy (non-hydrogen) atoms. The van der Waals surface area contributed by atoms with Crippen molar-refractivity contribution < 1.29 is 9.90 Å². The van der Waals surface area contributed by atoms with Crippen LogP contribution in [0, 0.1) is 0 Å². The second-order valence-corrected chi connectivity index (χ2v) is 3.50. The number of aliphatic carboxylic acids is 1. The predicted molar refractivity (Wildman–Crippen MR) is 47.2 cm³/mol. The van der Waals surface area contributed by atoms with E-state index in [-0.39, 0.29) is 6.42 Å². The quantitative estimate of drug-likeness (QED) is 0.672. The molecule has 1 aromatic rings. The van der Waals surface area contributed by atoms with Gasteiger partial charge in [0.15, 0.2) is 5.82 Å². The standard InChI is InChI=1S/C6H10N4O2S/c1-10-8-5(7-9-10)4-13-3-2-6(11)12/h2-4H2,1H3,(H,11,12). The summed E-state index contributed by atoms with van der Waals surface area (Å²) in [7, 11) is 1.69. The fourth-order valence-corrected chi connectivity index (χ4v) is 1.47. The Hall–Kier alpha value is -1.11. The van der Waals surface area contributed by atoms with Crippen LogP contribution in [0.3, 0.4) is 0 Å². The molecule has 1 N–H and O–H groups in total. The van der Waals surface area contributed by atoms with Gasteiger partial charge in [0, 0.05) is 5.75 Å². The van der Waals surface area contributed by atoms with Crippen LogP contribution in [-0.2, 0) is 17.6 Å². The number of thioether (sulfide) groups is 1. The van der Waals surface area contributed by atoms with E-state index in [9.17, 15) is 4.79 Å². The Kier molecular flexibility index (Phi) is 3.69. The largest absolute Gasteiger partial charge is 0.481 e. The second kappa shape index (κ2) is 4.80. The van der Waals surface area contributed by atoms with Gasteiger partial charge in [-0.25, -0.2) is 0 Å². The number of aryl methyl sites for hydroxylation is 1. The number of hydrogen-bond donors (Lipinski definition) is 1. The molecule has 1 heterocycles. The summed E-state index contributed by atoms with van der Waals surface area (Å²) in [5, 5.41) is 19.7. The first-order valence-corrected chi connectivity index (χ1v) is 4.86. The first-order valence-electron chi connectivity index (χ1n) is 3.71. The fraction of sp³-hybridized carbons (Fsp3) is 0.667. The molecule has 0 atom stereocenters. The lowest BCUT2D eigenvalue weighted by Gasteiger charge is -1.93. The van der Waals surface area contributed by atoms with Gasteiger partial charge in [0.25, 0.3) is 0 Å². The zero-order chi connectivity index (χ0) is 9.68. The van der Waals surface area contributed by atoms with Crippen molar-refractivity contribution in [3.8, 4) is 0 Å². The maximum absolute atomic E-state index is 10.2. The smallest absolute Gasteiger partial charge is 0.304 e. The monoisotopic (exact) mass is 202 g/mol. The van der Waals surface area contributed by atoms with Crippen molar-refractivity contribution in [3.05, 3.63) is 5.82 Å². The van der Waals surface area contributed by atoms with E-state index >= 15 is 0 Å². The molecule has 0 aliphatic rings. The SMILES string of the molecule is Cn1nnc(CSCCC(=O)O)n1. The molecule has 0 radical (unpaired) electrons. The Balaban J connectivity index is 2.16. The molecule has 0 fully saturated rings. The van der Waals surface area contributed by atoms with E-state index in [0.29, 0.717) is 17.3 Å². The van der Waals surface area contributed by atoms with Gasteiger partial charge in [-0.3, -0.25) is 4.79 Å². The van der Waals surface area contributed by atoms with E-state index in [1.54, 1.807) is 7.05 Å². The molecule has 0 saturated carbocycles. The minimum atomic E-state index is -0.778. The number of hydrogen-bond acceptors (Lipinski definition) is 5. The fourth-order valence-electron chi connectivity index (χ4n) is 0.704. The topological polar surface area (TPSA) is 80.9 Å². The van der Waals surface area contributed by atoms with E-state index in [1.807, 2.05) is 0 Å². The molecule has 6 nitrogen and oxygen atoms in total. The molecule has 7 heteroatoms. The number of carboxylic acids is 1. The number of tetrazole rings is 1. The van der Waals surface area contributed by atoms with Crippen molar-refractivity contribution in [1.82, 2.24) is 20.2 Å². The molecular weight excluding hydrogens is 192 g/mol. The van der Waals surface area contributed by atoms with Gasteiger partial charge in [0.1, 0.15) is 0 Å². The normalized spacial score (nSPS) is 10.2. The van der Waals surface area contributed by atoms with Crippen LogP contribution in [0.5, 0.6) is 0 Å². The first kappa shape index (κ1) is 9.97. The molecule has 0 amide bonds. The number of aromatic nitrogens is 4. The van der Waals surface area contributed by atoms with Crippen LogP contribution in [0.25, 0.3) is 0 Å². The van der Waals surface area contributed by atoms with Crippen LogP contribution in [-0.4, -0.2) is 37.0 Å². The zero-order valence-electron chi connectivity index (χ0n) is 7.17. The Morgan fingerprint density at radius 2 is 2.46 bits per heavy atom. The molecule has 0 aliphatic carbocycles. The van der Waals surface area contributed by atoms with E-state index in [1.165, 1.54) is 16.6 Å². The van der Waals surface area contributed by atoms with Crippen molar-refractivity contribution >= 4 is 17.7 Å². The Bertz CT molecular complexity index is 288. The van der Waals surface area contributed by atoms with Crippen molar-refractivity contribution in [2.75, 3.05) is 5.75 Å².